The number of hydrogen-bond acceptors (Lipinski definition) is 7. The van der Waals surface area contributed by atoms with Crippen molar-refractivity contribution in [3.63, 3.8) is 0 Å². The monoisotopic (exact) mass is 702 g/mol. The standard InChI is InChI=1S/C42H58O7Si/c1-31(49-50(41(5,6)7,34-19-13-11-14-20-34)35-21-15-12-16-22-35)18-17-23-36(46-30-32-24-26-33(44-10)27-25-32)38-37(47-42(8,9)48-38)28-29-45-39(43)40(2,3)4/h11-17,19-27,31,36-38H,18,28-30H2,1-10H3/b23-17-/t31?,36?,37-,38+/m0/s1. The van der Waals surface area contributed by atoms with Gasteiger partial charge in [-0.3, -0.25) is 4.79 Å². The fourth-order valence-electron chi connectivity index (χ4n) is 6.47. The molecule has 4 atom stereocenters. The summed E-state index contributed by atoms with van der Waals surface area (Å²) >= 11 is 0. The van der Waals surface area contributed by atoms with Crippen LogP contribution in [0.3, 0.4) is 0 Å². The van der Waals surface area contributed by atoms with Crippen LogP contribution in [0.1, 0.15) is 80.7 Å². The van der Waals surface area contributed by atoms with Gasteiger partial charge < -0.3 is 28.1 Å². The van der Waals surface area contributed by atoms with Gasteiger partial charge in [-0.05, 0) is 81.1 Å². The largest absolute Gasteiger partial charge is 0.497 e. The molecule has 1 aliphatic heterocycles. The fourth-order valence-corrected chi connectivity index (χ4v) is 11.2. The van der Waals surface area contributed by atoms with Crippen molar-refractivity contribution in [2.24, 2.45) is 5.41 Å². The Morgan fingerprint density at radius 3 is 1.98 bits per heavy atom. The number of ether oxygens (including phenoxy) is 5. The quantitative estimate of drug-likeness (QED) is 0.0904. The molecule has 0 aromatic heterocycles. The minimum Gasteiger partial charge on any atom is -0.497 e. The van der Waals surface area contributed by atoms with Crippen LogP contribution in [-0.2, 0) is 34.8 Å². The molecule has 3 aromatic carbocycles. The smallest absolute Gasteiger partial charge is 0.311 e. The average molecular weight is 703 g/mol. The molecular formula is C42H58O7Si. The van der Waals surface area contributed by atoms with Crippen molar-refractivity contribution >= 4 is 24.7 Å². The lowest BCUT2D eigenvalue weighted by molar-refractivity contribution is -0.159. The van der Waals surface area contributed by atoms with Crippen LogP contribution >= 0.6 is 0 Å². The highest BCUT2D eigenvalue weighted by molar-refractivity contribution is 6.99. The number of methoxy groups -OCH3 is 1. The van der Waals surface area contributed by atoms with E-state index in [-0.39, 0.29) is 29.8 Å². The van der Waals surface area contributed by atoms with E-state index in [2.05, 4.69) is 101 Å². The van der Waals surface area contributed by atoms with Gasteiger partial charge in [0.1, 0.15) is 18.0 Å². The number of benzene rings is 3. The zero-order chi connectivity index (χ0) is 36.6. The molecule has 272 valence electrons. The maximum atomic E-state index is 12.5. The summed E-state index contributed by atoms with van der Waals surface area (Å²) in [5.74, 6) is -0.271. The molecule has 7 nitrogen and oxygen atoms in total. The summed E-state index contributed by atoms with van der Waals surface area (Å²) in [7, 11) is -1.06. The van der Waals surface area contributed by atoms with E-state index >= 15 is 0 Å². The summed E-state index contributed by atoms with van der Waals surface area (Å²) in [6.45, 7) is 19.0. The molecule has 0 spiro atoms. The Hall–Kier alpha value is -3.27. The van der Waals surface area contributed by atoms with Crippen molar-refractivity contribution in [2.45, 2.75) is 117 Å². The zero-order valence-electron chi connectivity index (χ0n) is 31.7. The predicted molar refractivity (Wildman–Crippen MR) is 202 cm³/mol. The van der Waals surface area contributed by atoms with Gasteiger partial charge in [0.25, 0.3) is 8.32 Å². The molecule has 0 saturated carbocycles. The van der Waals surface area contributed by atoms with Crippen molar-refractivity contribution in [2.75, 3.05) is 13.7 Å². The second-order valence-corrected chi connectivity index (χ2v) is 19.9. The van der Waals surface area contributed by atoms with E-state index < -0.39 is 31.7 Å². The normalized spacial score (nSPS) is 19.3. The van der Waals surface area contributed by atoms with E-state index in [1.165, 1.54) is 10.4 Å². The van der Waals surface area contributed by atoms with Gasteiger partial charge in [-0.2, -0.15) is 0 Å². The van der Waals surface area contributed by atoms with Crippen molar-refractivity contribution < 1.29 is 32.9 Å². The Labute approximate surface area is 301 Å². The summed E-state index contributed by atoms with van der Waals surface area (Å²) in [5, 5.41) is 2.38. The molecule has 3 aromatic rings. The van der Waals surface area contributed by atoms with E-state index in [1.54, 1.807) is 7.11 Å². The van der Waals surface area contributed by atoms with E-state index in [9.17, 15) is 4.79 Å². The lowest BCUT2D eigenvalue weighted by Crippen LogP contribution is -2.67. The highest BCUT2D eigenvalue weighted by atomic mass is 28.4. The molecule has 0 radical (unpaired) electrons. The van der Waals surface area contributed by atoms with Crippen molar-refractivity contribution in [1.29, 1.82) is 0 Å². The Morgan fingerprint density at radius 2 is 1.46 bits per heavy atom. The lowest BCUT2D eigenvalue weighted by atomic mass is 9.97. The van der Waals surface area contributed by atoms with Crippen LogP contribution in [0.4, 0.5) is 0 Å². The number of hydrogen-bond donors (Lipinski definition) is 0. The Morgan fingerprint density at radius 1 is 0.880 bits per heavy atom. The predicted octanol–water partition coefficient (Wildman–Crippen LogP) is 7.99. The molecule has 1 saturated heterocycles. The van der Waals surface area contributed by atoms with Gasteiger partial charge in [0, 0.05) is 12.5 Å². The molecule has 1 aliphatic rings. The molecule has 4 rings (SSSR count). The van der Waals surface area contributed by atoms with Crippen molar-refractivity contribution in [3.05, 3.63) is 103 Å². The molecule has 0 N–H and O–H groups in total. The van der Waals surface area contributed by atoms with E-state index in [0.717, 1.165) is 11.3 Å². The van der Waals surface area contributed by atoms with E-state index in [4.69, 9.17) is 28.1 Å². The Bertz CT molecular complexity index is 1470. The number of carbonyl (C=O) groups is 1. The summed E-state index contributed by atoms with van der Waals surface area (Å²) in [4.78, 5) is 12.5. The van der Waals surface area contributed by atoms with Gasteiger partial charge in [-0.25, -0.2) is 0 Å². The minimum absolute atomic E-state index is 0.0791. The Kier molecular flexibility index (Phi) is 13.3. The first-order valence-corrected chi connectivity index (χ1v) is 19.7. The van der Waals surface area contributed by atoms with Crippen LogP contribution in [0, 0.1) is 5.41 Å². The van der Waals surface area contributed by atoms with Crippen LogP contribution in [0.25, 0.3) is 0 Å². The summed E-state index contributed by atoms with van der Waals surface area (Å²) < 4.78 is 37.7. The third-order valence-electron chi connectivity index (χ3n) is 8.98. The summed E-state index contributed by atoms with van der Waals surface area (Å²) in [5.41, 5.74) is 0.437. The van der Waals surface area contributed by atoms with Gasteiger partial charge in [0.05, 0.1) is 31.8 Å². The number of carbonyl (C=O) groups excluding carboxylic acids is 1. The first kappa shape index (κ1) is 39.5. The molecule has 2 unspecified atom stereocenters. The molecule has 0 aliphatic carbocycles. The van der Waals surface area contributed by atoms with Crippen molar-refractivity contribution in [1.82, 2.24) is 0 Å². The van der Waals surface area contributed by atoms with Gasteiger partial charge in [0.2, 0.25) is 0 Å². The first-order valence-electron chi connectivity index (χ1n) is 17.8. The molecule has 1 heterocycles. The molecular weight excluding hydrogens is 645 g/mol. The molecule has 50 heavy (non-hydrogen) atoms. The van der Waals surface area contributed by atoms with Gasteiger partial charge in [-0.15, -0.1) is 0 Å². The third kappa shape index (κ3) is 10.2. The number of rotatable bonds is 15. The fraction of sp³-hybridized carbons (Fsp3) is 0.500. The van der Waals surface area contributed by atoms with Gasteiger partial charge >= 0.3 is 5.97 Å². The van der Waals surface area contributed by atoms with Crippen molar-refractivity contribution in [3.8, 4) is 5.75 Å². The van der Waals surface area contributed by atoms with Gasteiger partial charge in [-0.1, -0.05) is 106 Å². The maximum Gasteiger partial charge on any atom is 0.311 e. The van der Waals surface area contributed by atoms with Crippen LogP contribution < -0.4 is 15.1 Å². The summed E-state index contributed by atoms with van der Waals surface area (Å²) in [6.07, 6.45) is 4.13. The summed E-state index contributed by atoms with van der Waals surface area (Å²) in [6, 6.07) is 29.3. The van der Waals surface area contributed by atoms with Crippen LogP contribution in [0.2, 0.25) is 5.04 Å². The topological polar surface area (TPSA) is 72.5 Å². The Balaban J connectivity index is 1.58. The second kappa shape index (κ2) is 16.8. The molecule has 1 fully saturated rings. The highest BCUT2D eigenvalue weighted by Gasteiger charge is 2.51. The van der Waals surface area contributed by atoms with E-state index in [1.807, 2.05) is 58.9 Å². The lowest BCUT2D eigenvalue weighted by Gasteiger charge is -2.44. The minimum atomic E-state index is -2.71. The zero-order valence-corrected chi connectivity index (χ0v) is 32.7. The second-order valence-electron chi connectivity index (χ2n) is 15.7. The molecule has 8 heteroatoms. The first-order chi connectivity index (χ1) is 23.6. The van der Waals surface area contributed by atoms with E-state index in [0.29, 0.717) is 19.4 Å². The average Bonchev–Trinajstić information content (AvgIpc) is 3.38. The van der Waals surface area contributed by atoms with Crippen LogP contribution in [0.5, 0.6) is 5.75 Å². The third-order valence-corrected chi connectivity index (χ3v) is 14.1. The van der Waals surface area contributed by atoms with Crippen LogP contribution in [0.15, 0.2) is 97.1 Å². The number of esters is 1. The van der Waals surface area contributed by atoms with Gasteiger partial charge in [0.15, 0.2) is 5.79 Å². The maximum absolute atomic E-state index is 12.5. The molecule has 0 amide bonds. The molecule has 0 bridgehead atoms. The van der Waals surface area contributed by atoms with Crippen LogP contribution in [-0.4, -0.2) is 58.2 Å². The highest BCUT2D eigenvalue weighted by Crippen LogP contribution is 2.38. The SMILES string of the molecule is COc1ccc(COC(/C=C\CC(C)O[Si](c2ccccc2)(c2ccccc2)C(C)(C)C)[C@H]2OC(C)(C)O[C@H]2CCOC(=O)C(C)(C)C)cc1.